The molecular weight excluding hydrogens is 267 g/mol. The molecule has 0 aliphatic carbocycles. The highest BCUT2D eigenvalue weighted by Gasteiger charge is 2.11. The van der Waals surface area contributed by atoms with E-state index < -0.39 is 0 Å². The molecule has 0 radical (unpaired) electrons. The van der Waals surface area contributed by atoms with Gasteiger partial charge in [-0.3, -0.25) is 4.79 Å². The highest BCUT2D eigenvalue weighted by molar-refractivity contribution is 5.92. The minimum atomic E-state index is -0.347. The molecule has 0 bridgehead atoms. The number of aryl methyl sites for hydroxylation is 1. The average molecular weight is 284 g/mol. The number of amides is 1. The van der Waals surface area contributed by atoms with Gasteiger partial charge in [0, 0.05) is 17.9 Å². The molecule has 21 heavy (non-hydrogen) atoms. The fourth-order valence-electron chi connectivity index (χ4n) is 2.56. The third-order valence-corrected chi connectivity index (χ3v) is 3.64. The van der Waals surface area contributed by atoms with Gasteiger partial charge in [0.15, 0.2) is 0 Å². The monoisotopic (exact) mass is 284 g/mol. The van der Waals surface area contributed by atoms with Gasteiger partial charge in [-0.05, 0) is 42.2 Å². The number of hydrogen-bond acceptors (Lipinski definition) is 2. The Balaban J connectivity index is 1.69. The molecule has 3 nitrogen and oxygen atoms in total. The highest BCUT2D eigenvalue weighted by atomic mass is 19.1. The van der Waals surface area contributed by atoms with E-state index in [1.807, 2.05) is 18.2 Å². The third kappa shape index (κ3) is 3.21. The van der Waals surface area contributed by atoms with Crippen molar-refractivity contribution < 1.29 is 9.18 Å². The lowest BCUT2D eigenvalue weighted by molar-refractivity contribution is -0.115. The summed E-state index contributed by atoms with van der Waals surface area (Å²) < 4.78 is 13.5. The molecule has 2 aromatic carbocycles. The van der Waals surface area contributed by atoms with Crippen molar-refractivity contribution in [1.82, 2.24) is 0 Å². The summed E-state index contributed by atoms with van der Waals surface area (Å²) in [6.07, 6.45) is 2.23. The second kappa shape index (κ2) is 5.95. The minimum absolute atomic E-state index is 0.0389. The number of carbonyl (C=O) groups is 1. The number of hydrogen-bond donors (Lipinski definition) is 2. The summed E-state index contributed by atoms with van der Waals surface area (Å²) in [7, 11) is 0. The summed E-state index contributed by atoms with van der Waals surface area (Å²) in [5.74, 6) is -0.560. The lowest BCUT2D eigenvalue weighted by Gasteiger charge is -2.18. The Labute approximate surface area is 123 Å². The zero-order chi connectivity index (χ0) is 14.7. The van der Waals surface area contributed by atoms with Crippen LogP contribution in [0.2, 0.25) is 0 Å². The Kier molecular flexibility index (Phi) is 3.86. The van der Waals surface area contributed by atoms with Crippen LogP contribution in [0.15, 0.2) is 42.5 Å². The molecule has 2 aromatic rings. The van der Waals surface area contributed by atoms with Gasteiger partial charge in [-0.25, -0.2) is 4.39 Å². The molecule has 1 aliphatic heterocycles. The Hall–Kier alpha value is -2.36. The topological polar surface area (TPSA) is 41.1 Å². The van der Waals surface area contributed by atoms with Gasteiger partial charge in [0.2, 0.25) is 5.91 Å². The number of carbonyl (C=O) groups excluding carboxylic acids is 1. The molecule has 0 spiro atoms. The van der Waals surface area contributed by atoms with Crippen molar-refractivity contribution in [2.45, 2.75) is 19.3 Å². The summed E-state index contributed by atoms with van der Waals surface area (Å²) in [5, 5.41) is 6.15. The highest BCUT2D eigenvalue weighted by Crippen LogP contribution is 2.25. The number of rotatable bonds is 3. The summed E-state index contributed by atoms with van der Waals surface area (Å²) >= 11 is 0. The van der Waals surface area contributed by atoms with Crippen LogP contribution in [0, 0.1) is 5.82 Å². The summed E-state index contributed by atoms with van der Waals surface area (Å²) in [5.41, 5.74) is 3.49. The SMILES string of the molecule is O=C(Cc1ccccc1F)Nc1ccc2c(c1)NCCC2. The molecular formula is C17H17FN2O. The van der Waals surface area contributed by atoms with Crippen LogP contribution in [-0.4, -0.2) is 12.5 Å². The normalized spacial score (nSPS) is 13.2. The number of fused-ring (bicyclic) bond motifs is 1. The maximum absolute atomic E-state index is 13.5. The predicted octanol–water partition coefficient (Wildman–Crippen LogP) is 3.37. The molecule has 2 N–H and O–H groups in total. The standard InChI is InChI=1S/C17H17FN2O/c18-15-6-2-1-4-13(15)10-17(21)20-14-8-7-12-5-3-9-19-16(12)11-14/h1-2,4,6-8,11,19H,3,5,9-10H2,(H,20,21). The van der Waals surface area contributed by atoms with Gasteiger partial charge >= 0.3 is 0 Å². The number of nitrogens with one attached hydrogen (secondary N) is 2. The van der Waals surface area contributed by atoms with Gasteiger partial charge < -0.3 is 10.6 Å². The van der Waals surface area contributed by atoms with E-state index in [4.69, 9.17) is 0 Å². The van der Waals surface area contributed by atoms with Crippen LogP contribution >= 0.6 is 0 Å². The van der Waals surface area contributed by atoms with Crippen molar-refractivity contribution in [3.05, 3.63) is 59.4 Å². The Bertz CT molecular complexity index is 670. The van der Waals surface area contributed by atoms with Gasteiger partial charge in [-0.2, -0.15) is 0 Å². The first kappa shape index (κ1) is 13.6. The molecule has 0 saturated carbocycles. The summed E-state index contributed by atoms with van der Waals surface area (Å²) in [6.45, 7) is 0.958. The molecule has 1 heterocycles. The zero-order valence-electron chi connectivity index (χ0n) is 11.7. The van der Waals surface area contributed by atoms with Crippen LogP contribution in [-0.2, 0) is 17.6 Å². The maximum atomic E-state index is 13.5. The number of halogens is 1. The molecule has 108 valence electrons. The Morgan fingerprint density at radius 2 is 2.10 bits per heavy atom. The molecule has 1 amide bonds. The van der Waals surface area contributed by atoms with E-state index in [9.17, 15) is 9.18 Å². The van der Waals surface area contributed by atoms with Crippen molar-refractivity contribution in [2.24, 2.45) is 0 Å². The first-order chi connectivity index (χ1) is 10.2. The van der Waals surface area contributed by atoms with Crippen molar-refractivity contribution in [3.63, 3.8) is 0 Å². The van der Waals surface area contributed by atoms with Crippen LogP contribution < -0.4 is 10.6 Å². The largest absolute Gasteiger partial charge is 0.385 e. The van der Waals surface area contributed by atoms with Gasteiger partial charge in [-0.15, -0.1) is 0 Å². The summed E-state index contributed by atoms with van der Waals surface area (Å²) in [6, 6.07) is 12.2. The average Bonchev–Trinajstić information content (AvgIpc) is 2.49. The van der Waals surface area contributed by atoms with Crippen molar-refractivity contribution in [1.29, 1.82) is 0 Å². The van der Waals surface area contributed by atoms with Crippen molar-refractivity contribution in [3.8, 4) is 0 Å². The molecule has 0 saturated heterocycles. The minimum Gasteiger partial charge on any atom is -0.385 e. The molecule has 0 fully saturated rings. The fraction of sp³-hybridized carbons (Fsp3) is 0.235. The van der Waals surface area contributed by atoms with Gasteiger partial charge in [0.05, 0.1) is 6.42 Å². The van der Waals surface area contributed by atoms with E-state index in [2.05, 4.69) is 10.6 Å². The lowest BCUT2D eigenvalue weighted by Crippen LogP contribution is -2.16. The second-order valence-corrected chi connectivity index (χ2v) is 5.22. The third-order valence-electron chi connectivity index (χ3n) is 3.64. The van der Waals surface area contributed by atoms with E-state index in [0.717, 1.165) is 30.8 Å². The number of anilines is 2. The van der Waals surface area contributed by atoms with Crippen LogP contribution in [0.25, 0.3) is 0 Å². The fourth-order valence-corrected chi connectivity index (χ4v) is 2.56. The molecule has 0 aromatic heterocycles. The van der Waals surface area contributed by atoms with Crippen LogP contribution in [0.5, 0.6) is 0 Å². The Morgan fingerprint density at radius 3 is 2.95 bits per heavy atom. The van der Waals surface area contributed by atoms with E-state index in [0.29, 0.717) is 5.56 Å². The zero-order valence-corrected chi connectivity index (χ0v) is 11.7. The molecule has 0 atom stereocenters. The van der Waals surface area contributed by atoms with E-state index in [1.54, 1.807) is 18.2 Å². The maximum Gasteiger partial charge on any atom is 0.228 e. The molecule has 3 rings (SSSR count). The van der Waals surface area contributed by atoms with Crippen LogP contribution in [0.3, 0.4) is 0 Å². The quantitative estimate of drug-likeness (QED) is 0.907. The van der Waals surface area contributed by atoms with Crippen molar-refractivity contribution in [2.75, 3.05) is 17.2 Å². The summed E-state index contributed by atoms with van der Waals surface area (Å²) in [4.78, 5) is 12.0. The predicted molar refractivity (Wildman–Crippen MR) is 82.0 cm³/mol. The second-order valence-electron chi connectivity index (χ2n) is 5.22. The first-order valence-electron chi connectivity index (χ1n) is 7.12. The smallest absolute Gasteiger partial charge is 0.228 e. The van der Waals surface area contributed by atoms with Gasteiger partial charge in [0.1, 0.15) is 5.82 Å². The molecule has 0 unspecified atom stereocenters. The molecule has 1 aliphatic rings. The van der Waals surface area contributed by atoms with E-state index in [1.165, 1.54) is 11.6 Å². The molecule has 4 heteroatoms. The first-order valence-corrected chi connectivity index (χ1v) is 7.12. The van der Waals surface area contributed by atoms with Crippen molar-refractivity contribution >= 4 is 17.3 Å². The number of benzene rings is 2. The van der Waals surface area contributed by atoms with Gasteiger partial charge in [0.25, 0.3) is 0 Å². The van der Waals surface area contributed by atoms with E-state index >= 15 is 0 Å². The Morgan fingerprint density at radius 1 is 1.24 bits per heavy atom. The van der Waals surface area contributed by atoms with E-state index in [-0.39, 0.29) is 18.1 Å². The van der Waals surface area contributed by atoms with Crippen LogP contribution in [0.1, 0.15) is 17.5 Å². The lowest BCUT2D eigenvalue weighted by atomic mass is 10.0. The van der Waals surface area contributed by atoms with Gasteiger partial charge in [-0.1, -0.05) is 24.3 Å². The van der Waals surface area contributed by atoms with Crippen LogP contribution in [0.4, 0.5) is 15.8 Å².